The van der Waals surface area contributed by atoms with Crippen molar-refractivity contribution in [2.45, 2.75) is 13.3 Å². The minimum atomic E-state index is -1.05. The number of fused-ring (bicyclic) bond motifs is 1. The first-order valence-corrected chi connectivity index (χ1v) is 7.82. The minimum absolute atomic E-state index is 0.118. The van der Waals surface area contributed by atoms with Crippen molar-refractivity contribution in [3.05, 3.63) is 53.6 Å². The van der Waals surface area contributed by atoms with E-state index in [0.29, 0.717) is 34.5 Å². The maximum absolute atomic E-state index is 11.3. The number of aromatic amines is 1. The zero-order chi connectivity index (χ0) is 18.0. The average Bonchev–Trinajstić information content (AvgIpc) is 2.93. The number of aromatic nitrogens is 1. The Labute approximate surface area is 143 Å². The van der Waals surface area contributed by atoms with Crippen LogP contribution in [0, 0.1) is 0 Å². The molecule has 6 heteroatoms. The van der Waals surface area contributed by atoms with Gasteiger partial charge < -0.3 is 19.9 Å². The van der Waals surface area contributed by atoms with Crippen LogP contribution in [0.15, 0.2) is 42.5 Å². The second-order valence-electron chi connectivity index (χ2n) is 5.58. The molecular weight excluding hydrogens is 322 g/mol. The lowest BCUT2D eigenvalue weighted by molar-refractivity contribution is -0.136. The van der Waals surface area contributed by atoms with E-state index in [4.69, 9.17) is 4.74 Å². The molecule has 0 saturated heterocycles. The highest BCUT2D eigenvalue weighted by Crippen LogP contribution is 2.33. The molecule has 0 spiro atoms. The number of carboxylic acids is 2. The van der Waals surface area contributed by atoms with Crippen LogP contribution >= 0.6 is 0 Å². The van der Waals surface area contributed by atoms with E-state index in [9.17, 15) is 19.8 Å². The predicted molar refractivity (Wildman–Crippen MR) is 93.2 cm³/mol. The van der Waals surface area contributed by atoms with E-state index in [1.54, 1.807) is 6.07 Å². The SMILES string of the molecule is CCOc1cccc(-c2[nH]c3ccc(C(=O)O)cc3c2CC(=O)O)c1. The van der Waals surface area contributed by atoms with Gasteiger partial charge >= 0.3 is 11.9 Å². The Morgan fingerprint density at radius 3 is 2.60 bits per heavy atom. The number of hydrogen-bond donors (Lipinski definition) is 3. The topological polar surface area (TPSA) is 99.6 Å². The second kappa shape index (κ2) is 6.68. The Morgan fingerprint density at radius 2 is 1.92 bits per heavy atom. The Kier molecular flexibility index (Phi) is 4.43. The summed E-state index contributed by atoms with van der Waals surface area (Å²) < 4.78 is 5.51. The van der Waals surface area contributed by atoms with Gasteiger partial charge in [0.2, 0.25) is 0 Å². The Morgan fingerprint density at radius 1 is 1.12 bits per heavy atom. The molecule has 1 heterocycles. The van der Waals surface area contributed by atoms with Gasteiger partial charge in [-0.2, -0.15) is 0 Å². The summed E-state index contributed by atoms with van der Waals surface area (Å²) in [7, 11) is 0. The van der Waals surface area contributed by atoms with Crippen molar-refractivity contribution in [2.24, 2.45) is 0 Å². The van der Waals surface area contributed by atoms with Gasteiger partial charge in [0.25, 0.3) is 0 Å². The molecule has 128 valence electrons. The fourth-order valence-corrected chi connectivity index (χ4v) is 2.87. The van der Waals surface area contributed by atoms with Gasteiger partial charge in [0, 0.05) is 16.5 Å². The monoisotopic (exact) mass is 339 g/mol. The highest BCUT2D eigenvalue weighted by atomic mass is 16.5. The zero-order valence-electron chi connectivity index (χ0n) is 13.6. The van der Waals surface area contributed by atoms with Crippen LogP contribution in [0.4, 0.5) is 0 Å². The maximum Gasteiger partial charge on any atom is 0.335 e. The summed E-state index contributed by atoms with van der Waals surface area (Å²) in [6, 6.07) is 12.0. The third kappa shape index (κ3) is 3.33. The number of benzene rings is 2. The summed E-state index contributed by atoms with van der Waals surface area (Å²) in [5, 5.41) is 19.1. The summed E-state index contributed by atoms with van der Waals surface area (Å²) in [5.41, 5.74) is 2.81. The number of carbonyl (C=O) groups is 2. The van der Waals surface area contributed by atoms with Gasteiger partial charge in [0.15, 0.2) is 0 Å². The molecule has 6 nitrogen and oxygen atoms in total. The number of ether oxygens (including phenoxy) is 1. The highest BCUT2D eigenvalue weighted by Gasteiger charge is 2.17. The van der Waals surface area contributed by atoms with E-state index in [2.05, 4.69) is 4.98 Å². The smallest absolute Gasteiger partial charge is 0.335 e. The molecule has 0 atom stereocenters. The van der Waals surface area contributed by atoms with Gasteiger partial charge in [-0.25, -0.2) is 4.79 Å². The Balaban J connectivity index is 2.21. The molecule has 3 aromatic rings. The van der Waals surface area contributed by atoms with E-state index in [1.165, 1.54) is 12.1 Å². The van der Waals surface area contributed by atoms with Gasteiger partial charge in [0.05, 0.1) is 24.3 Å². The third-order valence-corrected chi connectivity index (χ3v) is 3.91. The van der Waals surface area contributed by atoms with Crippen molar-refractivity contribution >= 4 is 22.8 Å². The van der Waals surface area contributed by atoms with E-state index in [0.717, 1.165) is 5.56 Å². The Hall–Kier alpha value is -3.28. The number of H-pyrrole nitrogens is 1. The lowest BCUT2D eigenvalue weighted by Crippen LogP contribution is -2.01. The van der Waals surface area contributed by atoms with E-state index >= 15 is 0 Å². The molecule has 3 N–H and O–H groups in total. The molecule has 0 aliphatic heterocycles. The molecule has 2 aromatic carbocycles. The summed E-state index contributed by atoms with van der Waals surface area (Å²) in [4.78, 5) is 25.8. The van der Waals surface area contributed by atoms with Crippen molar-refractivity contribution in [1.29, 1.82) is 0 Å². The van der Waals surface area contributed by atoms with Gasteiger partial charge in [-0.3, -0.25) is 4.79 Å². The van der Waals surface area contributed by atoms with Crippen molar-refractivity contribution < 1.29 is 24.5 Å². The first kappa shape index (κ1) is 16.6. The third-order valence-electron chi connectivity index (χ3n) is 3.91. The second-order valence-corrected chi connectivity index (χ2v) is 5.58. The van der Waals surface area contributed by atoms with E-state index in [-0.39, 0.29) is 12.0 Å². The lowest BCUT2D eigenvalue weighted by Gasteiger charge is -2.07. The minimum Gasteiger partial charge on any atom is -0.494 e. The maximum atomic E-state index is 11.3. The van der Waals surface area contributed by atoms with Crippen LogP contribution in [0.25, 0.3) is 22.2 Å². The number of nitrogens with one attached hydrogen (secondary N) is 1. The standard InChI is InChI=1S/C19H17NO5/c1-2-25-13-5-3-4-11(8-13)18-15(10-17(21)22)14-9-12(19(23)24)6-7-16(14)20-18/h3-9,20H,2,10H2,1H3,(H,21,22)(H,23,24). The summed E-state index contributed by atoms with van der Waals surface area (Å²) in [5.74, 6) is -1.35. The first-order chi connectivity index (χ1) is 12.0. The molecule has 0 amide bonds. The number of rotatable bonds is 6. The molecule has 0 saturated carbocycles. The van der Waals surface area contributed by atoms with Crippen molar-refractivity contribution in [3.8, 4) is 17.0 Å². The molecule has 1 aromatic heterocycles. The van der Waals surface area contributed by atoms with Crippen LogP contribution < -0.4 is 4.74 Å². The molecule has 0 unspecified atom stereocenters. The molecule has 0 aliphatic rings. The van der Waals surface area contributed by atoms with Crippen LogP contribution in [0.2, 0.25) is 0 Å². The van der Waals surface area contributed by atoms with Crippen molar-refractivity contribution in [1.82, 2.24) is 4.98 Å². The normalized spacial score (nSPS) is 10.8. The number of hydrogen-bond acceptors (Lipinski definition) is 3. The molecule has 0 radical (unpaired) electrons. The van der Waals surface area contributed by atoms with E-state index in [1.807, 2.05) is 31.2 Å². The Bertz CT molecular complexity index is 958. The van der Waals surface area contributed by atoms with Crippen molar-refractivity contribution in [3.63, 3.8) is 0 Å². The van der Waals surface area contributed by atoms with Crippen LogP contribution in [0.5, 0.6) is 5.75 Å². The molecule has 3 rings (SSSR count). The molecule has 0 fully saturated rings. The number of carboxylic acid groups (broad SMARTS) is 2. The summed E-state index contributed by atoms with van der Waals surface area (Å²) >= 11 is 0. The van der Waals surface area contributed by atoms with E-state index < -0.39 is 11.9 Å². The molecule has 0 aliphatic carbocycles. The quantitative estimate of drug-likeness (QED) is 0.637. The van der Waals surface area contributed by atoms with Gasteiger partial charge in [-0.1, -0.05) is 12.1 Å². The fourth-order valence-electron chi connectivity index (χ4n) is 2.87. The predicted octanol–water partition coefficient (Wildman–Crippen LogP) is 3.56. The van der Waals surface area contributed by atoms with Crippen LogP contribution in [-0.4, -0.2) is 33.7 Å². The molecule has 25 heavy (non-hydrogen) atoms. The van der Waals surface area contributed by atoms with Crippen LogP contribution in [-0.2, 0) is 11.2 Å². The lowest BCUT2D eigenvalue weighted by atomic mass is 10.0. The fraction of sp³-hybridized carbons (Fsp3) is 0.158. The van der Waals surface area contributed by atoms with Crippen LogP contribution in [0.1, 0.15) is 22.8 Å². The van der Waals surface area contributed by atoms with Gasteiger partial charge in [-0.05, 0) is 42.8 Å². The highest BCUT2D eigenvalue weighted by molar-refractivity contribution is 5.99. The van der Waals surface area contributed by atoms with Gasteiger partial charge in [-0.15, -0.1) is 0 Å². The zero-order valence-corrected chi connectivity index (χ0v) is 13.6. The average molecular weight is 339 g/mol. The summed E-state index contributed by atoms with van der Waals surface area (Å²) in [6.07, 6.45) is -0.211. The van der Waals surface area contributed by atoms with Gasteiger partial charge in [0.1, 0.15) is 5.75 Å². The summed E-state index contributed by atoms with van der Waals surface area (Å²) in [6.45, 7) is 2.42. The molecule has 0 bridgehead atoms. The number of aliphatic carboxylic acids is 1. The number of aromatic carboxylic acids is 1. The van der Waals surface area contributed by atoms with Crippen molar-refractivity contribution in [2.75, 3.05) is 6.61 Å². The largest absolute Gasteiger partial charge is 0.494 e. The molecular formula is C19H17NO5. The van der Waals surface area contributed by atoms with Crippen LogP contribution in [0.3, 0.4) is 0 Å². The first-order valence-electron chi connectivity index (χ1n) is 7.82.